The molecule has 0 saturated carbocycles. The lowest BCUT2D eigenvalue weighted by molar-refractivity contribution is -0.134. The van der Waals surface area contributed by atoms with Crippen LogP contribution in [0.15, 0.2) is 30.3 Å². The number of ether oxygens (including phenoxy) is 1. The van der Waals surface area contributed by atoms with Crippen LogP contribution in [-0.4, -0.2) is 89.5 Å². The number of H-pyrrole nitrogens is 1. The van der Waals surface area contributed by atoms with E-state index in [-0.39, 0.29) is 23.1 Å². The van der Waals surface area contributed by atoms with E-state index in [9.17, 15) is 14.4 Å². The zero-order chi connectivity index (χ0) is 27.9. The summed E-state index contributed by atoms with van der Waals surface area (Å²) in [6, 6.07) is 8.43. The van der Waals surface area contributed by atoms with Gasteiger partial charge in [0.1, 0.15) is 17.5 Å². The van der Waals surface area contributed by atoms with E-state index >= 15 is 0 Å². The minimum absolute atomic E-state index is 0.0610. The van der Waals surface area contributed by atoms with Gasteiger partial charge in [0, 0.05) is 45.3 Å². The molecule has 2 aromatic rings. The van der Waals surface area contributed by atoms with Crippen LogP contribution in [0.5, 0.6) is 5.75 Å². The van der Waals surface area contributed by atoms with Crippen molar-refractivity contribution in [1.82, 2.24) is 24.9 Å². The molecular weight excluding hydrogens is 482 g/mol. The first-order chi connectivity index (χ1) is 18.0. The number of fused-ring (bicyclic) bond motifs is 1. The van der Waals surface area contributed by atoms with Crippen molar-refractivity contribution in [2.75, 3.05) is 40.8 Å². The van der Waals surface area contributed by atoms with Gasteiger partial charge in [-0.05, 0) is 56.7 Å². The summed E-state index contributed by atoms with van der Waals surface area (Å²) >= 11 is 0. The first-order valence-electron chi connectivity index (χ1n) is 13.6. The van der Waals surface area contributed by atoms with Gasteiger partial charge < -0.3 is 19.4 Å². The minimum atomic E-state index is -0.594. The highest BCUT2D eigenvalue weighted by molar-refractivity contribution is 5.99. The molecule has 0 spiro atoms. The predicted molar refractivity (Wildman–Crippen MR) is 147 cm³/mol. The zero-order valence-electron chi connectivity index (χ0n) is 23.7. The first-order valence-corrected chi connectivity index (χ1v) is 13.6. The molecule has 0 saturated heterocycles. The zero-order valence-corrected chi connectivity index (χ0v) is 23.7. The van der Waals surface area contributed by atoms with E-state index in [1.54, 1.807) is 48.0 Å². The Hall–Kier alpha value is -3.36. The second kappa shape index (κ2) is 12.9. The topological polar surface area (TPSA) is 98.8 Å². The highest BCUT2D eigenvalue weighted by Crippen LogP contribution is 2.24. The van der Waals surface area contributed by atoms with Gasteiger partial charge in [0.05, 0.1) is 12.2 Å². The lowest BCUT2D eigenvalue weighted by Gasteiger charge is -2.31. The van der Waals surface area contributed by atoms with Crippen molar-refractivity contribution in [3.63, 3.8) is 0 Å². The molecule has 208 valence electrons. The Kier molecular flexibility index (Phi) is 9.94. The Morgan fingerprint density at radius 2 is 1.87 bits per heavy atom. The van der Waals surface area contributed by atoms with E-state index in [2.05, 4.69) is 31.0 Å². The molecule has 1 aromatic carbocycles. The first kappa shape index (κ1) is 29.2. The SMILES string of the molecule is CN(CCCC[C@H]1C(=O)N(C)CCCCCOc2ccccc2C(=O)N1C)C(=O)c1cc(C(C)(C)C)[nH]n1. The fourth-order valence-electron chi connectivity index (χ4n) is 4.56. The van der Waals surface area contributed by atoms with Crippen LogP contribution < -0.4 is 4.74 Å². The average Bonchev–Trinajstić information content (AvgIpc) is 3.40. The molecule has 1 aromatic heterocycles. The van der Waals surface area contributed by atoms with Crippen molar-refractivity contribution >= 4 is 17.7 Å². The lowest BCUT2D eigenvalue weighted by Crippen LogP contribution is -2.48. The number of likely N-dealkylation sites (N-methyl/N-ethyl adjacent to an activating group) is 2. The smallest absolute Gasteiger partial charge is 0.274 e. The molecule has 3 amide bonds. The third-order valence-electron chi connectivity index (χ3n) is 7.13. The highest BCUT2D eigenvalue weighted by atomic mass is 16.5. The van der Waals surface area contributed by atoms with Crippen LogP contribution in [0.25, 0.3) is 0 Å². The molecule has 1 N–H and O–H groups in total. The van der Waals surface area contributed by atoms with E-state index in [4.69, 9.17) is 4.74 Å². The molecule has 1 aliphatic rings. The molecule has 2 heterocycles. The second-order valence-electron chi connectivity index (χ2n) is 11.2. The number of hydrogen-bond acceptors (Lipinski definition) is 5. The predicted octanol–water partition coefficient (Wildman–Crippen LogP) is 4.11. The fraction of sp³-hybridized carbons (Fsp3) is 0.586. The van der Waals surface area contributed by atoms with Gasteiger partial charge in [0.15, 0.2) is 0 Å². The Morgan fingerprint density at radius 1 is 1.13 bits per heavy atom. The number of aromatic nitrogens is 2. The van der Waals surface area contributed by atoms with Crippen LogP contribution in [0.4, 0.5) is 0 Å². The van der Waals surface area contributed by atoms with Crippen molar-refractivity contribution < 1.29 is 19.1 Å². The molecule has 0 unspecified atom stereocenters. The molecule has 0 aliphatic carbocycles. The van der Waals surface area contributed by atoms with Gasteiger partial charge in [0.2, 0.25) is 5.91 Å². The van der Waals surface area contributed by atoms with Gasteiger partial charge in [-0.25, -0.2) is 0 Å². The van der Waals surface area contributed by atoms with Crippen LogP contribution in [0.1, 0.15) is 85.8 Å². The standard InChI is InChI=1S/C29H43N5O4/c1-29(2,3)25-20-22(30-31-25)27(36)32(4)18-12-10-15-23-28(37)33(5)17-11-7-13-19-38-24-16-9-8-14-21(24)26(35)34(23)6/h8-9,14,16,20,23H,7,10-13,15,17-19H2,1-6H3,(H,30,31)/t23-/m0/s1. The Bertz CT molecular complexity index is 1110. The van der Waals surface area contributed by atoms with Crippen molar-refractivity contribution in [2.24, 2.45) is 0 Å². The molecule has 1 atom stereocenters. The van der Waals surface area contributed by atoms with Gasteiger partial charge in [-0.2, -0.15) is 5.10 Å². The summed E-state index contributed by atoms with van der Waals surface area (Å²) in [5.74, 6) is 0.121. The molecule has 0 radical (unpaired) electrons. The fourth-order valence-corrected chi connectivity index (χ4v) is 4.56. The van der Waals surface area contributed by atoms with Gasteiger partial charge in [-0.3, -0.25) is 19.5 Å². The number of nitrogens with one attached hydrogen (secondary N) is 1. The summed E-state index contributed by atoms with van der Waals surface area (Å²) in [6.45, 7) is 7.90. The average molecular weight is 526 g/mol. The summed E-state index contributed by atoms with van der Waals surface area (Å²) < 4.78 is 5.92. The quantitative estimate of drug-likeness (QED) is 0.573. The number of carbonyl (C=O) groups excluding carboxylic acids is 3. The minimum Gasteiger partial charge on any atom is -0.493 e. The van der Waals surface area contributed by atoms with Gasteiger partial charge in [-0.15, -0.1) is 0 Å². The monoisotopic (exact) mass is 525 g/mol. The number of benzene rings is 1. The van der Waals surface area contributed by atoms with Crippen LogP contribution in [0.2, 0.25) is 0 Å². The van der Waals surface area contributed by atoms with Gasteiger partial charge >= 0.3 is 0 Å². The van der Waals surface area contributed by atoms with E-state index in [0.29, 0.717) is 56.0 Å². The Labute approximate surface area is 226 Å². The summed E-state index contributed by atoms with van der Waals surface area (Å²) in [7, 11) is 5.26. The third kappa shape index (κ3) is 7.36. The maximum absolute atomic E-state index is 13.5. The summed E-state index contributed by atoms with van der Waals surface area (Å²) in [4.78, 5) is 44.7. The van der Waals surface area contributed by atoms with Crippen molar-refractivity contribution in [3.8, 4) is 5.75 Å². The molecule has 9 nitrogen and oxygen atoms in total. The Balaban J connectivity index is 1.66. The third-order valence-corrected chi connectivity index (χ3v) is 7.13. The molecule has 0 bridgehead atoms. The number of hydrogen-bond donors (Lipinski definition) is 1. The lowest BCUT2D eigenvalue weighted by atomic mass is 9.92. The molecule has 0 fully saturated rings. The molecule has 38 heavy (non-hydrogen) atoms. The van der Waals surface area contributed by atoms with Crippen molar-refractivity contribution in [3.05, 3.63) is 47.3 Å². The Morgan fingerprint density at radius 3 is 2.58 bits per heavy atom. The van der Waals surface area contributed by atoms with Crippen LogP contribution in [0.3, 0.4) is 0 Å². The molecule has 1 aliphatic heterocycles. The largest absolute Gasteiger partial charge is 0.493 e. The van der Waals surface area contributed by atoms with Crippen molar-refractivity contribution in [2.45, 2.75) is 70.8 Å². The molecule has 9 heteroatoms. The van der Waals surface area contributed by atoms with Crippen molar-refractivity contribution in [1.29, 1.82) is 0 Å². The number of aromatic amines is 1. The van der Waals surface area contributed by atoms with Crippen LogP contribution >= 0.6 is 0 Å². The number of unbranched alkanes of at least 4 members (excludes halogenated alkanes) is 1. The van der Waals surface area contributed by atoms with E-state index in [1.807, 2.05) is 18.2 Å². The van der Waals surface area contributed by atoms with E-state index in [0.717, 1.165) is 25.0 Å². The summed E-state index contributed by atoms with van der Waals surface area (Å²) in [5.41, 5.74) is 1.66. The highest BCUT2D eigenvalue weighted by Gasteiger charge is 2.31. The molecule has 3 rings (SSSR count). The number of rotatable bonds is 6. The van der Waals surface area contributed by atoms with Crippen LogP contribution in [-0.2, 0) is 10.2 Å². The van der Waals surface area contributed by atoms with Crippen LogP contribution in [0, 0.1) is 0 Å². The number of amides is 3. The summed E-state index contributed by atoms with van der Waals surface area (Å²) in [6.07, 6.45) is 4.59. The second-order valence-corrected chi connectivity index (χ2v) is 11.2. The van der Waals surface area contributed by atoms with E-state index < -0.39 is 6.04 Å². The van der Waals surface area contributed by atoms with E-state index in [1.165, 1.54) is 0 Å². The maximum Gasteiger partial charge on any atom is 0.274 e. The maximum atomic E-state index is 13.5. The number of nitrogens with zero attached hydrogens (tertiary/aromatic N) is 4. The number of carbonyl (C=O) groups is 3. The molecular formula is C29H43N5O4. The summed E-state index contributed by atoms with van der Waals surface area (Å²) in [5, 5.41) is 7.16. The number of para-hydroxylation sites is 1. The van der Waals surface area contributed by atoms with Gasteiger partial charge in [0.25, 0.3) is 11.8 Å². The van der Waals surface area contributed by atoms with Gasteiger partial charge in [-0.1, -0.05) is 32.9 Å². The normalized spacial score (nSPS) is 17.7.